The van der Waals surface area contributed by atoms with Crippen molar-refractivity contribution < 1.29 is 5.11 Å². The Bertz CT molecular complexity index is 461. The van der Waals surface area contributed by atoms with Crippen LogP contribution in [0.25, 0.3) is 0 Å². The van der Waals surface area contributed by atoms with Gasteiger partial charge in [-0.25, -0.2) is 0 Å². The first-order valence-corrected chi connectivity index (χ1v) is 7.25. The highest BCUT2D eigenvalue weighted by Crippen LogP contribution is 2.21. The number of likely N-dealkylation sites (tertiary alicyclic amines) is 1. The monoisotopic (exact) mass is 278 g/mol. The molecular weight excluding hydrogens is 256 g/mol. The minimum Gasteiger partial charge on any atom is -0.396 e. The molecule has 1 aliphatic heterocycles. The Morgan fingerprint density at radius 1 is 1.47 bits per heavy atom. The molecule has 1 saturated heterocycles. The van der Waals surface area contributed by atoms with Gasteiger partial charge in [0.2, 0.25) is 0 Å². The first-order chi connectivity index (χ1) is 9.11. The van der Waals surface area contributed by atoms with E-state index in [4.69, 9.17) is 12.2 Å². The molecule has 1 aromatic rings. The Morgan fingerprint density at radius 3 is 3.00 bits per heavy atom. The lowest BCUT2D eigenvalue weighted by Gasteiger charge is -2.34. The molecule has 3 nitrogen and oxygen atoms in total. The third kappa shape index (κ3) is 3.45. The van der Waals surface area contributed by atoms with E-state index in [1.165, 1.54) is 11.1 Å². The van der Waals surface area contributed by atoms with E-state index in [1.807, 2.05) is 6.07 Å². The lowest BCUT2D eigenvalue weighted by molar-refractivity contribution is 0.162. The molecular formula is C15H22N2OS. The largest absolute Gasteiger partial charge is 0.396 e. The Kier molecular flexibility index (Phi) is 4.77. The molecule has 0 aliphatic carbocycles. The number of hydrogen-bond donors (Lipinski definition) is 2. The molecule has 2 N–H and O–H groups in total. The number of aryl methyl sites for hydroxylation is 1. The van der Waals surface area contributed by atoms with Gasteiger partial charge in [-0.05, 0) is 62.0 Å². The number of aliphatic hydroxyl groups excluding tert-OH is 1. The van der Waals surface area contributed by atoms with Crippen molar-refractivity contribution in [3.05, 3.63) is 29.3 Å². The van der Waals surface area contributed by atoms with Crippen molar-refractivity contribution >= 4 is 23.0 Å². The van der Waals surface area contributed by atoms with Crippen LogP contribution in [0.15, 0.2) is 18.2 Å². The number of anilines is 1. The van der Waals surface area contributed by atoms with Gasteiger partial charge in [0, 0.05) is 25.4 Å². The number of nitrogens with zero attached hydrogens (tertiary/aromatic N) is 1. The van der Waals surface area contributed by atoms with Crippen LogP contribution in [-0.2, 0) is 0 Å². The van der Waals surface area contributed by atoms with Gasteiger partial charge in [0.25, 0.3) is 0 Å². The molecule has 1 atom stereocenters. The highest BCUT2D eigenvalue weighted by Gasteiger charge is 2.21. The minimum absolute atomic E-state index is 0.253. The molecule has 104 valence electrons. The zero-order valence-electron chi connectivity index (χ0n) is 11.6. The minimum atomic E-state index is 0.253. The molecule has 4 heteroatoms. The van der Waals surface area contributed by atoms with Gasteiger partial charge in [-0.2, -0.15) is 0 Å². The number of thiocarbonyl (C=S) groups is 1. The van der Waals surface area contributed by atoms with Crippen molar-refractivity contribution in [3.63, 3.8) is 0 Å². The summed E-state index contributed by atoms with van der Waals surface area (Å²) in [4.78, 5) is 2.17. The van der Waals surface area contributed by atoms with Crippen molar-refractivity contribution in [1.82, 2.24) is 4.90 Å². The molecule has 2 rings (SSSR count). The maximum atomic E-state index is 9.27. The van der Waals surface area contributed by atoms with Crippen molar-refractivity contribution in [1.29, 1.82) is 0 Å². The Hall–Kier alpha value is -1.13. The second-order valence-electron chi connectivity index (χ2n) is 5.31. The van der Waals surface area contributed by atoms with Gasteiger partial charge in [-0.3, -0.25) is 0 Å². The van der Waals surface area contributed by atoms with E-state index in [2.05, 4.69) is 36.2 Å². The fraction of sp³-hybridized carbons (Fsp3) is 0.533. The third-order valence-electron chi connectivity index (χ3n) is 3.91. The van der Waals surface area contributed by atoms with Gasteiger partial charge in [0.1, 0.15) is 0 Å². The van der Waals surface area contributed by atoms with Crippen LogP contribution in [0.1, 0.15) is 24.0 Å². The number of hydrogen-bond acceptors (Lipinski definition) is 2. The molecule has 0 bridgehead atoms. The summed E-state index contributed by atoms with van der Waals surface area (Å²) in [5.41, 5.74) is 3.58. The molecule has 0 aromatic heterocycles. The number of piperidine rings is 1. The highest BCUT2D eigenvalue weighted by atomic mass is 32.1. The van der Waals surface area contributed by atoms with Gasteiger partial charge in [-0.1, -0.05) is 12.1 Å². The Morgan fingerprint density at radius 2 is 2.26 bits per heavy atom. The van der Waals surface area contributed by atoms with Crippen molar-refractivity contribution in [2.24, 2.45) is 5.92 Å². The van der Waals surface area contributed by atoms with Gasteiger partial charge < -0.3 is 15.3 Å². The summed E-state index contributed by atoms with van der Waals surface area (Å²) in [6, 6.07) is 6.20. The molecule has 1 aliphatic rings. The predicted molar refractivity (Wildman–Crippen MR) is 83.5 cm³/mol. The van der Waals surface area contributed by atoms with Gasteiger partial charge in [0.05, 0.1) is 0 Å². The molecule has 1 fully saturated rings. The van der Waals surface area contributed by atoms with E-state index in [1.54, 1.807) is 0 Å². The number of rotatable bonds is 2. The van der Waals surface area contributed by atoms with Gasteiger partial charge >= 0.3 is 0 Å². The fourth-order valence-corrected chi connectivity index (χ4v) is 2.76. The van der Waals surface area contributed by atoms with Crippen LogP contribution < -0.4 is 5.32 Å². The summed E-state index contributed by atoms with van der Waals surface area (Å²) in [7, 11) is 0. The van der Waals surface area contributed by atoms with Crippen molar-refractivity contribution in [2.45, 2.75) is 26.7 Å². The Balaban J connectivity index is 2.02. The van der Waals surface area contributed by atoms with Gasteiger partial charge in [0.15, 0.2) is 5.11 Å². The number of aliphatic hydroxyl groups is 1. The van der Waals surface area contributed by atoms with E-state index < -0.39 is 0 Å². The van der Waals surface area contributed by atoms with Crippen LogP contribution in [0.5, 0.6) is 0 Å². The van der Waals surface area contributed by atoms with E-state index in [9.17, 15) is 5.11 Å². The summed E-state index contributed by atoms with van der Waals surface area (Å²) >= 11 is 5.49. The highest BCUT2D eigenvalue weighted by molar-refractivity contribution is 7.80. The second kappa shape index (κ2) is 6.35. The average Bonchev–Trinajstić information content (AvgIpc) is 2.44. The van der Waals surface area contributed by atoms with Crippen molar-refractivity contribution in [2.75, 3.05) is 25.0 Å². The summed E-state index contributed by atoms with van der Waals surface area (Å²) in [5.74, 6) is 0.354. The van der Waals surface area contributed by atoms with Crippen LogP contribution >= 0.6 is 12.2 Å². The van der Waals surface area contributed by atoms with Crippen LogP contribution in [-0.4, -0.2) is 34.8 Å². The number of nitrogens with one attached hydrogen (secondary N) is 1. The topological polar surface area (TPSA) is 35.5 Å². The second-order valence-corrected chi connectivity index (χ2v) is 5.70. The predicted octanol–water partition coefficient (Wildman–Crippen LogP) is 2.70. The molecule has 1 unspecified atom stereocenters. The SMILES string of the molecule is Cc1cccc(NC(=S)N2CCCC(CO)C2)c1C. The van der Waals surface area contributed by atoms with Crippen LogP contribution in [0.2, 0.25) is 0 Å². The van der Waals surface area contributed by atoms with Crippen LogP contribution in [0.4, 0.5) is 5.69 Å². The maximum Gasteiger partial charge on any atom is 0.173 e. The van der Waals surface area contributed by atoms with Crippen LogP contribution in [0.3, 0.4) is 0 Å². The molecule has 0 radical (unpaired) electrons. The quantitative estimate of drug-likeness (QED) is 0.815. The molecule has 19 heavy (non-hydrogen) atoms. The first-order valence-electron chi connectivity index (χ1n) is 6.85. The smallest absolute Gasteiger partial charge is 0.173 e. The first kappa shape index (κ1) is 14.3. The number of benzene rings is 1. The van der Waals surface area contributed by atoms with Crippen molar-refractivity contribution in [3.8, 4) is 0 Å². The van der Waals surface area contributed by atoms with E-state index in [0.29, 0.717) is 5.92 Å². The molecule has 0 spiro atoms. The normalized spacial score (nSPS) is 19.3. The summed E-state index contributed by atoms with van der Waals surface area (Å²) in [6.07, 6.45) is 2.19. The Labute approximate surface area is 120 Å². The molecule has 0 saturated carbocycles. The molecule has 1 aromatic carbocycles. The van der Waals surface area contributed by atoms with Crippen LogP contribution in [0, 0.1) is 19.8 Å². The summed E-state index contributed by atoms with van der Waals surface area (Å²) in [6.45, 7) is 6.29. The fourth-order valence-electron chi connectivity index (χ4n) is 2.48. The summed E-state index contributed by atoms with van der Waals surface area (Å²) < 4.78 is 0. The molecule has 1 heterocycles. The average molecular weight is 278 g/mol. The maximum absolute atomic E-state index is 9.27. The summed E-state index contributed by atoms with van der Waals surface area (Å²) in [5, 5.41) is 13.4. The third-order valence-corrected chi connectivity index (χ3v) is 4.27. The zero-order valence-corrected chi connectivity index (χ0v) is 12.5. The van der Waals surface area contributed by atoms with E-state index >= 15 is 0 Å². The lowest BCUT2D eigenvalue weighted by atomic mass is 9.99. The standard InChI is InChI=1S/C15H22N2OS/c1-11-5-3-7-14(12(11)2)16-15(19)17-8-4-6-13(9-17)10-18/h3,5,7,13,18H,4,6,8-10H2,1-2H3,(H,16,19). The zero-order chi connectivity index (χ0) is 13.8. The lowest BCUT2D eigenvalue weighted by Crippen LogP contribution is -2.43. The van der Waals surface area contributed by atoms with Gasteiger partial charge in [-0.15, -0.1) is 0 Å². The van der Waals surface area contributed by atoms with E-state index in [-0.39, 0.29) is 6.61 Å². The van der Waals surface area contributed by atoms with E-state index in [0.717, 1.165) is 36.7 Å². The molecule has 0 amide bonds.